The summed E-state index contributed by atoms with van der Waals surface area (Å²) in [5.41, 5.74) is 1.01. The minimum atomic E-state index is -0.105. The Morgan fingerprint density at radius 3 is 2.51 bits per heavy atom. The maximum absolute atomic E-state index is 13.6. The number of nitrogens with zero attached hydrogens (tertiary/aromatic N) is 2. The van der Waals surface area contributed by atoms with Crippen LogP contribution < -0.4 is 10.1 Å². The Bertz CT molecular complexity index is 1020. The highest BCUT2D eigenvalue weighted by Crippen LogP contribution is 2.37. The van der Waals surface area contributed by atoms with Crippen LogP contribution in [0.4, 0.5) is 0 Å². The van der Waals surface area contributed by atoms with Crippen LogP contribution in [0.25, 0.3) is 10.4 Å². The molecule has 35 heavy (non-hydrogen) atoms. The molecule has 1 aromatic heterocycles. The number of likely N-dealkylation sites (tertiary alicyclic amines) is 2. The van der Waals surface area contributed by atoms with E-state index in [-0.39, 0.29) is 30.4 Å². The van der Waals surface area contributed by atoms with Crippen LogP contribution in [-0.4, -0.2) is 66.3 Å². The van der Waals surface area contributed by atoms with Crippen LogP contribution in [0.3, 0.4) is 0 Å². The van der Waals surface area contributed by atoms with Crippen molar-refractivity contribution in [3.8, 4) is 16.2 Å². The number of nitrogens with one attached hydrogen (secondary N) is 1. The third-order valence-electron chi connectivity index (χ3n) is 6.56. The molecule has 0 bridgehead atoms. The first-order chi connectivity index (χ1) is 17.0. The van der Waals surface area contributed by atoms with Crippen LogP contribution in [0, 0.1) is 0 Å². The van der Waals surface area contributed by atoms with Crippen molar-refractivity contribution in [3.63, 3.8) is 0 Å². The van der Waals surface area contributed by atoms with Crippen molar-refractivity contribution in [3.05, 3.63) is 41.3 Å². The lowest BCUT2D eigenvalue weighted by Crippen LogP contribution is -2.49. The van der Waals surface area contributed by atoms with Gasteiger partial charge in [-0.2, -0.15) is 0 Å². The molecule has 0 aliphatic carbocycles. The van der Waals surface area contributed by atoms with Crippen molar-refractivity contribution in [1.82, 2.24) is 15.1 Å². The highest BCUT2D eigenvalue weighted by Gasteiger charge is 2.29. The van der Waals surface area contributed by atoms with Crippen molar-refractivity contribution in [2.75, 3.05) is 32.8 Å². The molecule has 1 unspecified atom stereocenters. The van der Waals surface area contributed by atoms with Crippen LogP contribution >= 0.6 is 11.3 Å². The fourth-order valence-corrected chi connectivity index (χ4v) is 5.77. The van der Waals surface area contributed by atoms with Gasteiger partial charge in [-0.05, 0) is 50.2 Å². The van der Waals surface area contributed by atoms with E-state index in [0.29, 0.717) is 30.1 Å². The number of amides is 3. The predicted octanol–water partition coefficient (Wildman–Crippen LogP) is 4.33. The van der Waals surface area contributed by atoms with E-state index in [4.69, 9.17) is 4.74 Å². The first-order valence-corrected chi connectivity index (χ1v) is 13.5. The summed E-state index contributed by atoms with van der Waals surface area (Å²) >= 11 is 1.40. The van der Waals surface area contributed by atoms with E-state index < -0.39 is 0 Å². The third-order valence-corrected chi connectivity index (χ3v) is 7.71. The number of carbonyl (C=O) groups is 3. The Balaban J connectivity index is 1.50. The first kappa shape index (κ1) is 25.2. The number of piperidine rings is 2. The number of hydrogen-bond acceptors (Lipinski definition) is 5. The molecule has 3 amide bonds. The van der Waals surface area contributed by atoms with Crippen molar-refractivity contribution < 1.29 is 19.1 Å². The standard InChI is InChI=1S/C27H35N3O4S/c1-2-10-24(31)28-21-13-9-16-30(18-21)27(33)26-22(17-23(35-26)20-11-5-3-6-12-20)34-19-25(32)29-14-7-4-8-15-29/h3,5-6,11-12,17,21H,2,4,7-10,13-16,18-19H2,1H3,(H,28,31). The molecule has 0 spiro atoms. The van der Waals surface area contributed by atoms with Crippen LogP contribution in [0.15, 0.2) is 36.4 Å². The van der Waals surface area contributed by atoms with Gasteiger partial charge in [0.2, 0.25) is 5.91 Å². The molecule has 1 atom stereocenters. The molecule has 2 fully saturated rings. The summed E-state index contributed by atoms with van der Waals surface area (Å²) in [5, 5.41) is 3.07. The SMILES string of the molecule is CCCC(=O)NC1CCCN(C(=O)c2sc(-c3ccccc3)cc2OCC(=O)N2CCCCC2)C1. The minimum absolute atomic E-state index is 0.0350. The number of benzene rings is 1. The summed E-state index contributed by atoms with van der Waals surface area (Å²) in [6.07, 6.45) is 6.21. The van der Waals surface area contributed by atoms with Gasteiger partial charge in [0.25, 0.3) is 11.8 Å². The van der Waals surface area contributed by atoms with Gasteiger partial charge in [-0.15, -0.1) is 11.3 Å². The normalized spacial score (nSPS) is 18.3. The van der Waals surface area contributed by atoms with Gasteiger partial charge in [0, 0.05) is 43.5 Å². The molecule has 2 aliphatic rings. The number of thiophene rings is 1. The molecule has 4 rings (SSSR count). The lowest BCUT2D eigenvalue weighted by Gasteiger charge is -2.33. The van der Waals surface area contributed by atoms with Gasteiger partial charge in [0.05, 0.1) is 0 Å². The molecule has 1 aromatic carbocycles. The predicted molar refractivity (Wildman–Crippen MR) is 138 cm³/mol. The number of ether oxygens (including phenoxy) is 1. The monoisotopic (exact) mass is 497 g/mol. The van der Waals surface area contributed by atoms with Crippen molar-refractivity contribution >= 4 is 29.1 Å². The van der Waals surface area contributed by atoms with E-state index in [2.05, 4.69) is 5.32 Å². The number of carbonyl (C=O) groups excluding carboxylic acids is 3. The van der Waals surface area contributed by atoms with E-state index in [1.165, 1.54) is 11.3 Å². The second-order valence-corrected chi connectivity index (χ2v) is 10.4. The second-order valence-electron chi connectivity index (χ2n) is 9.31. The molecule has 8 heteroatoms. The number of rotatable bonds is 8. The topological polar surface area (TPSA) is 79.0 Å². The summed E-state index contributed by atoms with van der Waals surface area (Å²) in [4.78, 5) is 43.5. The molecule has 2 aromatic rings. The summed E-state index contributed by atoms with van der Waals surface area (Å²) in [7, 11) is 0. The van der Waals surface area contributed by atoms with E-state index in [1.54, 1.807) is 4.90 Å². The Kier molecular flexibility index (Phi) is 8.79. The van der Waals surface area contributed by atoms with Crippen LogP contribution in [-0.2, 0) is 9.59 Å². The average molecular weight is 498 g/mol. The molecule has 0 radical (unpaired) electrons. The van der Waals surface area contributed by atoms with E-state index in [0.717, 1.165) is 62.1 Å². The smallest absolute Gasteiger partial charge is 0.267 e. The van der Waals surface area contributed by atoms with Crippen LogP contribution in [0.1, 0.15) is 61.5 Å². The van der Waals surface area contributed by atoms with Crippen LogP contribution in [0.2, 0.25) is 0 Å². The molecule has 3 heterocycles. The summed E-state index contributed by atoms with van der Waals surface area (Å²) in [6.45, 7) is 4.58. The molecule has 2 aliphatic heterocycles. The average Bonchev–Trinajstić information content (AvgIpc) is 3.32. The Morgan fingerprint density at radius 2 is 1.77 bits per heavy atom. The quantitative estimate of drug-likeness (QED) is 0.589. The van der Waals surface area contributed by atoms with Gasteiger partial charge in [0.15, 0.2) is 6.61 Å². The van der Waals surface area contributed by atoms with Gasteiger partial charge in [-0.25, -0.2) is 0 Å². The molecule has 188 valence electrons. The van der Waals surface area contributed by atoms with Gasteiger partial charge in [-0.1, -0.05) is 37.3 Å². The van der Waals surface area contributed by atoms with Crippen molar-refractivity contribution in [2.24, 2.45) is 0 Å². The largest absolute Gasteiger partial charge is 0.482 e. The molecule has 2 saturated heterocycles. The minimum Gasteiger partial charge on any atom is -0.482 e. The van der Waals surface area contributed by atoms with E-state index >= 15 is 0 Å². The van der Waals surface area contributed by atoms with Gasteiger partial charge >= 0.3 is 0 Å². The lowest BCUT2D eigenvalue weighted by atomic mass is 10.0. The zero-order valence-electron chi connectivity index (χ0n) is 20.5. The van der Waals surface area contributed by atoms with Crippen molar-refractivity contribution in [2.45, 2.75) is 57.9 Å². The Labute approximate surface area is 211 Å². The molecule has 1 N–H and O–H groups in total. The Hall–Kier alpha value is -2.87. The molecule has 0 saturated carbocycles. The zero-order valence-corrected chi connectivity index (χ0v) is 21.3. The van der Waals surface area contributed by atoms with E-state index in [1.807, 2.05) is 48.2 Å². The third kappa shape index (κ3) is 6.63. The van der Waals surface area contributed by atoms with E-state index in [9.17, 15) is 14.4 Å². The highest BCUT2D eigenvalue weighted by molar-refractivity contribution is 7.17. The number of hydrogen-bond donors (Lipinski definition) is 1. The lowest BCUT2D eigenvalue weighted by molar-refractivity contribution is -0.134. The fraction of sp³-hybridized carbons (Fsp3) is 0.519. The first-order valence-electron chi connectivity index (χ1n) is 12.7. The molecular weight excluding hydrogens is 462 g/mol. The van der Waals surface area contributed by atoms with Crippen molar-refractivity contribution in [1.29, 1.82) is 0 Å². The summed E-state index contributed by atoms with van der Waals surface area (Å²) in [5.74, 6) is 0.357. The Morgan fingerprint density at radius 1 is 1.03 bits per heavy atom. The second kappa shape index (κ2) is 12.2. The van der Waals surface area contributed by atoms with Gasteiger partial charge in [-0.3, -0.25) is 14.4 Å². The maximum atomic E-state index is 13.6. The molecular formula is C27H35N3O4S. The maximum Gasteiger partial charge on any atom is 0.267 e. The summed E-state index contributed by atoms with van der Waals surface area (Å²) < 4.78 is 5.99. The highest BCUT2D eigenvalue weighted by atomic mass is 32.1. The fourth-order valence-electron chi connectivity index (χ4n) is 4.70. The van der Waals surface area contributed by atoms with Gasteiger partial charge < -0.3 is 19.9 Å². The molecule has 7 nitrogen and oxygen atoms in total. The van der Waals surface area contributed by atoms with Crippen LogP contribution in [0.5, 0.6) is 5.75 Å². The van der Waals surface area contributed by atoms with Gasteiger partial charge in [0.1, 0.15) is 10.6 Å². The zero-order chi connectivity index (χ0) is 24.6. The summed E-state index contributed by atoms with van der Waals surface area (Å²) in [6, 6.07) is 11.7.